The number of nitrogens with zero attached hydrogens (tertiary/aromatic N) is 3. The lowest BCUT2D eigenvalue weighted by atomic mass is 9.95. The maximum Gasteiger partial charge on any atom is 0.302 e. The predicted molar refractivity (Wildman–Crippen MR) is 116 cm³/mol. The van der Waals surface area contributed by atoms with Crippen LogP contribution in [0.15, 0.2) is 72.6 Å². The number of para-hydroxylation sites is 2. The number of pyridine rings is 1. The third-order valence-electron chi connectivity index (χ3n) is 5.50. The molecule has 1 aliphatic rings. The lowest BCUT2D eigenvalue weighted by Gasteiger charge is -2.22. The Balaban J connectivity index is 1.73. The van der Waals surface area contributed by atoms with Crippen molar-refractivity contribution in [2.45, 2.75) is 13.0 Å². The highest BCUT2D eigenvalue weighted by Crippen LogP contribution is 2.41. The molecule has 0 radical (unpaired) electrons. The van der Waals surface area contributed by atoms with E-state index in [0.717, 1.165) is 0 Å². The minimum absolute atomic E-state index is 0.104. The number of benzene rings is 2. The first-order valence-electron chi connectivity index (χ1n) is 9.88. The van der Waals surface area contributed by atoms with Crippen molar-refractivity contribution in [2.24, 2.45) is 0 Å². The zero-order chi connectivity index (χ0) is 22.4. The number of aryl methyl sites for hydroxylation is 1. The summed E-state index contributed by atoms with van der Waals surface area (Å²) >= 11 is 0. The fourth-order valence-electron chi connectivity index (χ4n) is 3.91. The molecule has 1 aliphatic heterocycles. The van der Waals surface area contributed by atoms with Gasteiger partial charge in [-0.05, 0) is 60.5 Å². The largest absolute Gasteiger partial charge is 0.507 e. The van der Waals surface area contributed by atoms with Crippen LogP contribution < -0.4 is 4.90 Å². The van der Waals surface area contributed by atoms with Crippen LogP contribution in [-0.4, -0.2) is 31.7 Å². The molecule has 158 valence electrons. The molecular formula is C24H17FN4O3. The summed E-state index contributed by atoms with van der Waals surface area (Å²) in [6.07, 6.45) is 3.08. The molecule has 4 aromatic rings. The summed E-state index contributed by atoms with van der Waals surface area (Å²) in [7, 11) is 0. The highest BCUT2D eigenvalue weighted by molar-refractivity contribution is 6.51. The van der Waals surface area contributed by atoms with Gasteiger partial charge in [-0.15, -0.1) is 0 Å². The van der Waals surface area contributed by atoms with Gasteiger partial charge in [0, 0.05) is 18.0 Å². The van der Waals surface area contributed by atoms with E-state index in [9.17, 15) is 19.1 Å². The van der Waals surface area contributed by atoms with Crippen LogP contribution in [-0.2, 0) is 9.59 Å². The number of imidazole rings is 1. The second kappa shape index (κ2) is 7.42. The smallest absolute Gasteiger partial charge is 0.302 e. The Kier molecular flexibility index (Phi) is 4.55. The molecule has 3 heterocycles. The van der Waals surface area contributed by atoms with Crippen molar-refractivity contribution in [2.75, 3.05) is 4.90 Å². The van der Waals surface area contributed by atoms with Gasteiger partial charge in [-0.25, -0.2) is 9.37 Å². The molecule has 0 aliphatic carbocycles. The molecule has 1 fully saturated rings. The maximum atomic E-state index is 13.8. The molecule has 1 saturated heterocycles. The summed E-state index contributed by atoms with van der Waals surface area (Å²) < 4.78 is 13.8. The van der Waals surface area contributed by atoms with Gasteiger partial charge in [-0.2, -0.15) is 0 Å². The van der Waals surface area contributed by atoms with E-state index in [4.69, 9.17) is 0 Å². The average molecular weight is 428 g/mol. The standard InChI is InChI=1S/C24H17FN4O3/c1-13-12-15(6-7-16(13)25)21(30)19-20(14-8-10-26-11-9-14)29(23(32)22(19)31)24-27-17-4-2-3-5-18(17)28-24/h2-12,20,30H,1H3,(H,27,28)/b21-19+. The third kappa shape index (κ3) is 3.04. The second-order valence-corrected chi connectivity index (χ2v) is 7.49. The molecular weight excluding hydrogens is 411 g/mol. The van der Waals surface area contributed by atoms with Gasteiger partial charge >= 0.3 is 5.91 Å². The second-order valence-electron chi connectivity index (χ2n) is 7.49. The minimum Gasteiger partial charge on any atom is -0.507 e. The van der Waals surface area contributed by atoms with Crippen molar-refractivity contribution < 1.29 is 19.1 Å². The van der Waals surface area contributed by atoms with E-state index < -0.39 is 23.5 Å². The zero-order valence-electron chi connectivity index (χ0n) is 16.9. The first kappa shape index (κ1) is 19.6. The first-order chi connectivity index (χ1) is 15.5. The van der Waals surface area contributed by atoms with E-state index in [2.05, 4.69) is 15.0 Å². The lowest BCUT2D eigenvalue weighted by molar-refractivity contribution is -0.132. The van der Waals surface area contributed by atoms with Crippen molar-refractivity contribution in [3.63, 3.8) is 0 Å². The summed E-state index contributed by atoms with van der Waals surface area (Å²) in [5.41, 5.74) is 2.35. The molecule has 0 bridgehead atoms. The number of anilines is 1. The van der Waals surface area contributed by atoms with E-state index >= 15 is 0 Å². The number of aliphatic hydroxyl groups excluding tert-OH is 1. The van der Waals surface area contributed by atoms with Crippen LogP contribution in [0.4, 0.5) is 10.3 Å². The van der Waals surface area contributed by atoms with Crippen LogP contribution in [0, 0.1) is 12.7 Å². The van der Waals surface area contributed by atoms with Gasteiger partial charge in [0.1, 0.15) is 11.6 Å². The number of Topliss-reactive ketones (excluding diaryl/α,β-unsaturated/α-hetero) is 1. The molecule has 2 N–H and O–H groups in total. The zero-order valence-corrected chi connectivity index (χ0v) is 16.9. The number of halogens is 1. The number of aromatic amines is 1. The fourth-order valence-corrected chi connectivity index (χ4v) is 3.91. The van der Waals surface area contributed by atoms with E-state index in [1.54, 1.807) is 25.1 Å². The fraction of sp³-hybridized carbons (Fsp3) is 0.0833. The summed E-state index contributed by atoms with van der Waals surface area (Å²) in [4.78, 5) is 39.0. The summed E-state index contributed by atoms with van der Waals surface area (Å²) in [5.74, 6) is -2.32. The number of H-pyrrole nitrogens is 1. The molecule has 0 saturated carbocycles. The lowest BCUT2D eigenvalue weighted by Crippen LogP contribution is -2.30. The van der Waals surface area contributed by atoms with Crippen LogP contribution in [0.1, 0.15) is 22.7 Å². The van der Waals surface area contributed by atoms with Crippen molar-refractivity contribution >= 4 is 34.4 Å². The minimum atomic E-state index is -0.941. The van der Waals surface area contributed by atoms with Gasteiger partial charge in [-0.3, -0.25) is 19.5 Å². The number of hydrogen-bond donors (Lipinski definition) is 2. The summed E-state index contributed by atoms with van der Waals surface area (Å²) in [6, 6.07) is 13.6. The first-order valence-corrected chi connectivity index (χ1v) is 9.88. The monoisotopic (exact) mass is 428 g/mol. The predicted octanol–water partition coefficient (Wildman–Crippen LogP) is 4.03. The van der Waals surface area contributed by atoms with Crippen LogP contribution in [0.25, 0.3) is 16.8 Å². The number of fused-ring (bicyclic) bond motifs is 1. The van der Waals surface area contributed by atoms with Gasteiger partial charge < -0.3 is 10.1 Å². The number of rotatable bonds is 3. The van der Waals surface area contributed by atoms with Gasteiger partial charge in [0.05, 0.1) is 22.6 Å². The highest BCUT2D eigenvalue weighted by Gasteiger charge is 2.48. The van der Waals surface area contributed by atoms with Crippen LogP contribution >= 0.6 is 0 Å². The van der Waals surface area contributed by atoms with Gasteiger partial charge in [0.2, 0.25) is 5.95 Å². The number of hydrogen-bond acceptors (Lipinski definition) is 5. The van der Waals surface area contributed by atoms with E-state index in [1.165, 1.54) is 35.5 Å². The normalized spacial score (nSPS) is 17.9. The number of aromatic nitrogens is 3. The number of aliphatic hydroxyl groups is 1. The van der Waals surface area contributed by atoms with Crippen molar-refractivity contribution in [3.8, 4) is 0 Å². The van der Waals surface area contributed by atoms with Crippen molar-refractivity contribution in [1.29, 1.82) is 0 Å². The quantitative estimate of drug-likeness (QED) is 0.292. The van der Waals surface area contributed by atoms with Gasteiger partial charge in [0.25, 0.3) is 5.78 Å². The molecule has 1 amide bonds. The Labute approximate surface area is 181 Å². The maximum absolute atomic E-state index is 13.8. The van der Waals surface area contributed by atoms with E-state index in [-0.39, 0.29) is 22.8 Å². The molecule has 0 spiro atoms. The number of carbonyl (C=O) groups excluding carboxylic acids is 2. The van der Waals surface area contributed by atoms with Crippen LogP contribution in [0.2, 0.25) is 0 Å². The third-order valence-corrected chi connectivity index (χ3v) is 5.50. The average Bonchev–Trinajstić information content (AvgIpc) is 3.34. The Bertz CT molecular complexity index is 1380. The molecule has 5 rings (SSSR count). The Morgan fingerprint density at radius 2 is 1.84 bits per heavy atom. The molecule has 1 unspecified atom stereocenters. The van der Waals surface area contributed by atoms with Gasteiger partial charge in [0.15, 0.2) is 0 Å². The van der Waals surface area contributed by atoms with E-state index in [0.29, 0.717) is 22.2 Å². The number of nitrogens with one attached hydrogen (secondary N) is 1. The van der Waals surface area contributed by atoms with Crippen LogP contribution in [0.5, 0.6) is 0 Å². The number of amides is 1. The molecule has 1 atom stereocenters. The van der Waals surface area contributed by atoms with E-state index in [1.807, 2.05) is 18.2 Å². The van der Waals surface area contributed by atoms with Crippen LogP contribution in [0.3, 0.4) is 0 Å². The summed E-state index contributed by atoms with van der Waals surface area (Å²) in [5, 5.41) is 11.1. The molecule has 7 nitrogen and oxygen atoms in total. The topological polar surface area (TPSA) is 99.2 Å². The molecule has 2 aromatic heterocycles. The highest BCUT2D eigenvalue weighted by atomic mass is 19.1. The Hall–Kier alpha value is -4.33. The van der Waals surface area contributed by atoms with Gasteiger partial charge in [-0.1, -0.05) is 12.1 Å². The number of carbonyl (C=O) groups is 2. The summed E-state index contributed by atoms with van der Waals surface area (Å²) in [6.45, 7) is 1.56. The molecule has 32 heavy (non-hydrogen) atoms. The Morgan fingerprint density at radius 1 is 1.09 bits per heavy atom. The number of ketones is 1. The molecule has 2 aromatic carbocycles. The molecule has 8 heteroatoms. The van der Waals surface area contributed by atoms with Crippen molar-refractivity contribution in [1.82, 2.24) is 15.0 Å². The SMILES string of the molecule is Cc1cc(/C(O)=C2\C(=O)C(=O)N(c3nc4ccccc4[nH]3)C2c2ccncc2)ccc1F. The van der Waals surface area contributed by atoms with Crippen molar-refractivity contribution in [3.05, 3.63) is 95.1 Å². The Morgan fingerprint density at radius 3 is 2.56 bits per heavy atom.